The van der Waals surface area contributed by atoms with Crippen LogP contribution in [-0.2, 0) is 0 Å². The van der Waals surface area contributed by atoms with Crippen LogP contribution >= 0.6 is 0 Å². The molecule has 1 aromatic carbocycles. The minimum absolute atomic E-state index is 0.879. The fraction of sp³-hybridized carbons (Fsp3) is 0.312. The van der Waals surface area contributed by atoms with E-state index in [1.54, 1.807) is 6.20 Å². The molecule has 1 aliphatic rings. The van der Waals surface area contributed by atoms with Gasteiger partial charge in [0.25, 0.3) is 0 Å². The Morgan fingerprint density at radius 3 is 2.62 bits per heavy atom. The van der Waals surface area contributed by atoms with Gasteiger partial charge in [-0.15, -0.1) is 5.10 Å². The molecule has 3 heterocycles. The molecule has 0 aliphatic carbocycles. The van der Waals surface area contributed by atoms with Crippen molar-refractivity contribution in [2.24, 2.45) is 0 Å². The summed E-state index contributed by atoms with van der Waals surface area (Å²) in [4.78, 5) is 2.33. The highest BCUT2D eigenvalue weighted by Crippen LogP contribution is 2.32. The third-order valence-corrected chi connectivity index (χ3v) is 4.07. The summed E-state index contributed by atoms with van der Waals surface area (Å²) >= 11 is 0. The number of nitrogens with zero attached hydrogens (tertiary/aromatic N) is 4. The monoisotopic (exact) mass is 279 g/mol. The Morgan fingerprint density at radius 1 is 1.00 bits per heavy atom. The van der Waals surface area contributed by atoms with Crippen LogP contribution in [0.5, 0.6) is 0 Å². The van der Waals surface area contributed by atoms with Crippen molar-refractivity contribution in [3.8, 4) is 11.3 Å². The van der Waals surface area contributed by atoms with Crippen LogP contribution in [0.2, 0.25) is 0 Å². The summed E-state index contributed by atoms with van der Waals surface area (Å²) in [5.74, 6) is 0.958. The minimum Gasteiger partial charge on any atom is -0.355 e. The molecule has 21 heavy (non-hydrogen) atoms. The summed E-state index contributed by atoms with van der Waals surface area (Å²) in [6, 6.07) is 10.3. The van der Waals surface area contributed by atoms with Gasteiger partial charge in [-0.1, -0.05) is 30.3 Å². The number of hydrogen-bond donors (Lipinski definition) is 1. The highest BCUT2D eigenvalue weighted by atomic mass is 15.3. The Bertz CT molecular complexity index is 744. The number of nitrogens with one attached hydrogen (secondary N) is 1. The van der Waals surface area contributed by atoms with Crippen LogP contribution in [-0.4, -0.2) is 33.5 Å². The number of benzene rings is 1. The Hall–Kier alpha value is -2.43. The first-order valence-electron chi connectivity index (χ1n) is 7.43. The summed E-state index contributed by atoms with van der Waals surface area (Å²) in [5, 5.41) is 17.2. The summed E-state index contributed by atoms with van der Waals surface area (Å²) in [5.41, 5.74) is 3.04. The molecule has 1 N–H and O–H groups in total. The van der Waals surface area contributed by atoms with Crippen molar-refractivity contribution in [3.63, 3.8) is 0 Å². The van der Waals surface area contributed by atoms with Gasteiger partial charge >= 0.3 is 0 Å². The first kappa shape index (κ1) is 12.3. The normalized spacial score (nSPS) is 15.5. The third kappa shape index (κ3) is 2.14. The zero-order valence-electron chi connectivity index (χ0n) is 11.8. The van der Waals surface area contributed by atoms with Crippen molar-refractivity contribution < 1.29 is 0 Å². The minimum atomic E-state index is 0.879. The van der Waals surface area contributed by atoms with E-state index in [9.17, 15) is 0 Å². The molecule has 5 nitrogen and oxygen atoms in total. The first-order valence-corrected chi connectivity index (χ1v) is 7.43. The molecule has 1 fully saturated rings. The molecule has 4 rings (SSSR count). The van der Waals surface area contributed by atoms with Gasteiger partial charge in [-0.2, -0.15) is 10.2 Å². The summed E-state index contributed by atoms with van der Waals surface area (Å²) in [7, 11) is 0. The van der Waals surface area contributed by atoms with E-state index >= 15 is 0 Å². The van der Waals surface area contributed by atoms with Crippen molar-refractivity contribution in [2.45, 2.75) is 19.3 Å². The quantitative estimate of drug-likeness (QED) is 0.783. The molecular weight excluding hydrogens is 262 g/mol. The van der Waals surface area contributed by atoms with Gasteiger partial charge in [-0.3, -0.25) is 5.10 Å². The van der Waals surface area contributed by atoms with Gasteiger partial charge in [-0.25, -0.2) is 0 Å². The Kier molecular flexibility index (Phi) is 3.03. The zero-order chi connectivity index (χ0) is 14.1. The maximum Gasteiger partial charge on any atom is 0.163 e. The fourth-order valence-electron chi connectivity index (χ4n) is 3.00. The molecule has 0 unspecified atom stereocenters. The van der Waals surface area contributed by atoms with Crippen molar-refractivity contribution in [2.75, 3.05) is 18.0 Å². The largest absolute Gasteiger partial charge is 0.355 e. The van der Waals surface area contributed by atoms with Crippen molar-refractivity contribution in [3.05, 3.63) is 36.5 Å². The molecule has 0 amide bonds. The fourth-order valence-corrected chi connectivity index (χ4v) is 3.00. The van der Waals surface area contributed by atoms with E-state index in [-0.39, 0.29) is 0 Å². The number of anilines is 1. The summed E-state index contributed by atoms with van der Waals surface area (Å²) in [6.45, 7) is 2.10. The molecule has 2 aromatic heterocycles. The van der Waals surface area contributed by atoms with Crippen molar-refractivity contribution in [1.82, 2.24) is 20.4 Å². The number of hydrogen-bond acceptors (Lipinski definition) is 4. The second kappa shape index (κ2) is 5.16. The van der Waals surface area contributed by atoms with Gasteiger partial charge in [-0.05, 0) is 19.3 Å². The molecule has 1 aliphatic heterocycles. The molecular formula is C16H17N5. The van der Waals surface area contributed by atoms with E-state index < -0.39 is 0 Å². The van der Waals surface area contributed by atoms with Crippen LogP contribution in [0, 0.1) is 0 Å². The lowest BCUT2D eigenvalue weighted by molar-refractivity contribution is 0.573. The molecule has 106 valence electrons. The lowest BCUT2D eigenvalue weighted by atomic mass is 10.1. The van der Waals surface area contributed by atoms with Gasteiger partial charge < -0.3 is 4.90 Å². The number of rotatable bonds is 2. The molecule has 0 bridgehead atoms. The van der Waals surface area contributed by atoms with Crippen molar-refractivity contribution >= 4 is 16.7 Å². The number of aromatic nitrogens is 4. The molecule has 0 radical (unpaired) electrons. The van der Waals surface area contributed by atoms with Crippen LogP contribution < -0.4 is 4.90 Å². The van der Waals surface area contributed by atoms with Gasteiger partial charge in [0.1, 0.15) is 5.52 Å². The zero-order valence-corrected chi connectivity index (χ0v) is 11.8. The average Bonchev–Trinajstić information content (AvgIpc) is 3.00. The molecule has 0 spiro atoms. The SMILES string of the molecule is c1ccc(-c2[nH]nc3cnnc(N4CCCCC4)c23)cc1. The van der Waals surface area contributed by atoms with E-state index in [4.69, 9.17) is 0 Å². The highest BCUT2D eigenvalue weighted by Gasteiger charge is 2.20. The number of H-pyrrole nitrogens is 1. The van der Waals surface area contributed by atoms with Crippen LogP contribution in [0.1, 0.15) is 19.3 Å². The molecule has 0 atom stereocenters. The number of fused-ring (bicyclic) bond motifs is 1. The average molecular weight is 279 g/mol. The third-order valence-electron chi connectivity index (χ3n) is 4.07. The molecule has 3 aromatic rings. The van der Waals surface area contributed by atoms with Crippen molar-refractivity contribution in [1.29, 1.82) is 0 Å². The van der Waals surface area contributed by atoms with E-state index in [2.05, 4.69) is 37.4 Å². The summed E-state index contributed by atoms with van der Waals surface area (Å²) in [6.07, 6.45) is 5.47. The second-order valence-corrected chi connectivity index (χ2v) is 5.44. The van der Waals surface area contributed by atoms with Crippen LogP contribution in [0.4, 0.5) is 5.82 Å². The van der Waals surface area contributed by atoms with Crippen LogP contribution in [0.15, 0.2) is 36.5 Å². The Morgan fingerprint density at radius 2 is 1.81 bits per heavy atom. The lowest BCUT2D eigenvalue weighted by Gasteiger charge is -2.27. The van der Waals surface area contributed by atoms with Gasteiger partial charge in [0.05, 0.1) is 17.3 Å². The van der Waals surface area contributed by atoms with Crippen LogP contribution in [0.25, 0.3) is 22.2 Å². The van der Waals surface area contributed by atoms with E-state index in [0.717, 1.165) is 41.1 Å². The standard InChI is InChI=1S/C16H17N5/c1-3-7-12(8-4-1)15-14-13(18-19-15)11-17-20-16(14)21-9-5-2-6-10-21/h1,3-4,7-8,11H,2,5-6,9-10H2,(H,18,19). The van der Waals surface area contributed by atoms with Gasteiger partial charge in [0.15, 0.2) is 5.82 Å². The highest BCUT2D eigenvalue weighted by molar-refractivity contribution is 6.00. The van der Waals surface area contributed by atoms with E-state index in [1.807, 2.05) is 18.2 Å². The number of aromatic amines is 1. The van der Waals surface area contributed by atoms with Crippen LogP contribution in [0.3, 0.4) is 0 Å². The summed E-state index contributed by atoms with van der Waals surface area (Å²) < 4.78 is 0. The Balaban J connectivity index is 1.89. The van der Waals surface area contributed by atoms with E-state index in [1.165, 1.54) is 19.3 Å². The van der Waals surface area contributed by atoms with E-state index in [0.29, 0.717) is 0 Å². The smallest absolute Gasteiger partial charge is 0.163 e. The second-order valence-electron chi connectivity index (χ2n) is 5.44. The predicted molar refractivity (Wildman–Crippen MR) is 83.2 cm³/mol. The van der Waals surface area contributed by atoms with Gasteiger partial charge in [0, 0.05) is 18.7 Å². The lowest BCUT2D eigenvalue weighted by Crippen LogP contribution is -2.30. The molecule has 1 saturated heterocycles. The first-order chi connectivity index (χ1) is 10.4. The maximum absolute atomic E-state index is 4.40. The number of piperidine rings is 1. The van der Waals surface area contributed by atoms with Gasteiger partial charge in [0.2, 0.25) is 0 Å². The topological polar surface area (TPSA) is 57.7 Å². The molecule has 0 saturated carbocycles. The molecule has 5 heteroatoms. The predicted octanol–water partition coefficient (Wildman–Crippen LogP) is 3.01. The maximum atomic E-state index is 4.40. The Labute approximate surface area is 123 Å².